The molecule has 10 nitrogen and oxygen atoms in total. The minimum Gasteiger partial charge on any atom is -0.496 e. The highest BCUT2D eigenvalue weighted by Crippen LogP contribution is 2.29. The number of esters is 1. The Balaban J connectivity index is 1.52. The number of benzene rings is 2. The van der Waals surface area contributed by atoms with Gasteiger partial charge in [-0.25, -0.2) is 4.79 Å². The number of nitro benzene ring substituents is 1. The van der Waals surface area contributed by atoms with Gasteiger partial charge < -0.3 is 19.7 Å². The largest absolute Gasteiger partial charge is 0.496 e. The molecule has 0 bridgehead atoms. The van der Waals surface area contributed by atoms with Crippen LogP contribution in [0.1, 0.15) is 23.7 Å². The maximum atomic E-state index is 12.4. The van der Waals surface area contributed by atoms with Crippen LogP contribution in [0.25, 0.3) is 0 Å². The lowest BCUT2D eigenvalue weighted by molar-refractivity contribution is -0.384. The molecule has 0 radical (unpaired) electrons. The quantitative estimate of drug-likeness (QED) is 0.366. The van der Waals surface area contributed by atoms with E-state index in [4.69, 9.17) is 9.47 Å². The SMILES string of the molecule is COC(=O)c1ccc(N2CCN(CCC(=O)Nc3ccc(OC)cc3[N+](=O)[O-])C(C)C2)cc1. The number of nitro groups is 1. The third kappa shape index (κ3) is 5.98. The van der Waals surface area contributed by atoms with Crippen LogP contribution in [0.4, 0.5) is 17.1 Å². The normalized spacial score (nSPS) is 16.2. The van der Waals surface area contributed by atoms with Crippen LogP contribution >= 0.6 is 0 Å². The van der Waals surface area contributed by atoms with Crippen LogP contribution in [0.3, 0.4) is 0 Å². The monoisotopic (exact) mass is 456 g/mol. The Labute approximate surface area is 192 Å². The lowest BCUT2D eigenvalue weighted by atomic mass is 10.1. The van der Waals surface area contributed by atoms with Crippen LogP contribution in [-0.2, 0) is 9.53 Å². The van der Waals surface area contributed by atoms with Gasteiger partial charge in [-0.05, 0) is 43.3 Å². The molecular weight excluding hydrogens is 428 g/mol. The minimum atomic E-state index is -0.544. The molecule has 0 aliphatic carbocycles. The minimum absolute atomic E-state index is 0.152. The molecule has 1 aliphatic heterocycles. The summed E-state index contributed by atoms with van der Waals surface area (Å²) in [5, 5.41) is 13.9. The number of nitrogens with one attached hydrogen (secondary N) is 1. The first-order valence-corrected chi connectivity index (χ1v) is 10.6. The highest BCUT2D eigenvalue weighted by atomic mass is 16.6. The number of carbonyl (C=O) groups is 2. The van der Waals surface area contributed by atoms with Crippen molar-refractivity contribution in [2.24, 2.45) is 0 Å². The van der Waals surface area contributed by atoms with Crippen LogP contribution in [0.2, 0.25) is 0 Å². The van der Waals surface area contributed by atoms with E-state index in [1.807, 2.05) is 12.1 Å². The van der Waals surface area contributed by atoms with Gasteiger partial charge >= 0.3 is 5.97 Å². The van der Waals surface area contributed by atoms with E-state index in [2.05, 4.69) is 22.0 Å². The van der Waals surface area contributed by atoms with Crippen molar-refractivity contribution in [1.82, 2.24) is 4.90 Å². The molecule has 0 saturated carbocycles. The van der Waals surface area contributed by atoms with Crippen molar-refractivity contribution in [3.8, 4) is 5.75 Å². The summed E-state index contributed by atoms with van der Waals surface area (Å²) < 4.78 is 9.75. The van der Waals surface area contributed by atoms with Crippen molar-refractivity contribution in [1.29, 1.82) is 0 Å². The molecule has 1 heterocycles. The Hall–Kier alpha value is -3.66. The molecule has 10 heteroatoms. The molecule has 1 amide bonds. The van der Waals surface area contributed by atoms with Crippen molar-refractivity contribution in [3.63, 3.8) is 0 Å². The van der Waals surface area contributed by atoms with Gasteiger partial charge in [0.05, 0.1) is 30.8 Å². The highest BCUT2D eigenvalue weighted by molar-refractivity contribution is 5.93. The Morgan fingerprint density at radius 2 is 1.88 bits per heavy atom. The first-order chi connectivity index (χ1) is 15.8. The Morgan fingerprint density at radius 1 is 1.15 bits per heavy atom. The number of hydrogen-bond donors (Lipinski definition) is 1. The summed E-state index contributed by atoms with van der Waals surface area (Å²) in [6.07, 6.45) is 0.224. The average molecular weight is 456 g/mol. The Morgan fingerprint density at radius 3 is 2.48 bits per heavy atom. The van der Waals surface area contributed by atoms with E-state index in [1.165, 1.54) is 26.4 Å². The van der Waals surface area contributed by atoms with Gasteiger partial charge in [0.2, 0.25) is 5.91 Å². The van der Waals surface area contributed by atoms with E-state index in [1.54, 1.807) is 18.2 Å². The molecule has 1 fully saturated rings. The number of methoxy groups -OCH3 is 2. The van der Waals surface area contributed by atoms with E-state index >= 15 is 0 Å². The molecule has 176 valence electrons. The van der Waals surface area contributed by atoms with Crippen molar-refractivity contribution >= 4 is 28.9 Å². The van der Waals surface area contributed by atoms with E-state index in [0.29, 0.717) is 17.9 Å². The van der Waals surface area contributed by atoms with Gasteiger partial charge in [-0.1, -0.05) is 0 Å². The smallest absolute Gasteiger partial charge is 0.337 e. The van der Waals surface area contributed by atoms with E-state index in [9.17, 15) is 19.7 Å². The number of anilines is 2. The second kappa shape index (κ2) is 10.8. The van der Waals surface area contributed by atoms with Crippen molar-refractivity contribution in [3.05, 3.63) is 58.1 Å². The van der Waals surface area contributed by atoms with E-state index in [-0.39, 0.29) is 35.7 Å². The zero-order valence-corrected chi connectivity index (χ0v) is 18.9. The molecular formula is C23H28N4O6. The number of piperazine rings is 1. The molecule has 1 aliphatic rings. The zero-order valence-electron chi connectivity index (χ0n) is 18.9. The standard InChI is InChI=1S/C23H28N4O6/c1-16-15-26(18-6-4-17(5-7-18)23(29)33-3)13-12-25(16)11-10-22(28)24-20-9-8-19(32-2)14-21(20)27(30)31/h4-9,14,16H,10-13,15H2,1-3H3,(H,24,28). The molecule has 1 atom stereocenters. The summed E-state index contributed by atoms with van der Waals surface area (Å²) in [6, 6.07) is 11.9. The van der Waals surface area contributed by atoms with E-state index < -0.39 is 4.92 Å². The van der Waals surface area contributed by atoms with Gasteiger partial charge in [0, 0.05) is 44.3 Å². The molecule has 2 aromatic carbocycles. The highest BCUT2D eigenvalue weighted by Gasteiger charge is 2.25. The molecule has 3 rings (SSSR count). The zero-order chi connectivity index (χ0) is 24.0. The number of rotatable bonds is 8. The van der Waals surface area contributed by atoms with Crippen LogP contribution in [0.15, 0.2) is 42.5 Å². The summed E-state index contributed by atoms with van der Waals surface area (Å²) >= 11 is 0. The summed E-state index contributed by atoms with van der Waals surface area (Å²) in [5.74, 6) is -0.291. The predicted octanol–water partition coefficient (Wildman–Crippen LogP) is 2.93. The topological polar surface area (TPSA) is 114 Å². The van der Waals surface area contributed by atoms with Crippen LogP contribution in [0, 0.1) is 10.1 Å². The fourth-order valence-corrected chi connectivity index (χ4v) is 3.84. The average Bonchev–Trinajstić information content (AvgIpc) is 2.83. The number of ether oxygens (including phenoxy) is 2. The third-order valence-corrected chi connectivity index (χ3v) is 5.72. The fourth-order valence-electron chi connectivity index (χ4n) is 3.84. The lowest BCUT2D eigenvalue weighted by Gasteiger charge is -2.41. The van der Waals surface area contributed by atoms with Gasteiger partial charge in [0.15, 0.2) is 0 Å². The number of carbonyl (C=O) groups excluding carboxylic acids is 2. The van der Waals surface area contributed by atoms with Gasteiger partial charge in [-0.15, -0.1) is 0 Å². The van der Waals surface area contributed by atoms with Gasteiger partial charge in [-0.2, -0.15) is 0 Å². The maximum Gasteiger partial charge on any atom is 0.337 e. The van der Waals surface area contributed by atoms with Crippen LogP contribution in [-0.4, -0.2) is 68.1 Å². The maximum absolute atomic E-state index is 12.4. The first kappa shape index (κ1) is 24.0. The molecule has 0 aromatic heterocycles. The van der Waals surface area contributed by atoms with Crippen molar-refractivity contribution < 1.29 is 24.0 Å². The van der Waals surface area contributed by atoms with Crippen molar-refractivity contribution in [2.75, 3.05) is 50.6 Å². The molecule has 1 unspecified atom stereocenters. The molecule has 33 heavy (non-hydrogen) atoms. The third-order valence-electron chi connectivity index (χ3n) is 5.72. The number of amides is 1. The summed E-state index contributed by atoms with van der Waals surface area (Å²) in [6.45, 7) is 4.99. The number of nitrogens with zero attached hydrogens (tertiary/aromatic N) is 3. The Bertz CT molecular complexity index is 1010. The van der Waals surface area contributed by atoms with Crippen molar-refractivity contribution in [2.45, 2.75) is 19.4 Å². The predicted molar refractivity (Wildman–Crippen MR) is 124 cm³/mol. The van der Waals surface area contributed by atoms with E-state index in [0.717, 1.165) is 25.3 Å². The van der Waals surface area contributed by atoms with Crippen LogP contribution < -0.4 is 15.0 Å². The second-order valence-corrected chi connectivity index (χ2v) is 7.81. The first-order valence-electron chi connectivity index (χ1n) is 10.6. The molecule has 2 aromatic rings. The fraction of sp³-hybridized carbons (Fsp3) is 0.391. The molecule has 1 saturated heterocycles. The summed E-state index contributed by atoms with van der Waals surface area (Å²) in [4.78, 5) is 39.3. The number of hydrogen-bond acceptors (Lipinski definition) is 8. The Kier molecular flexibility index (Phi) is 7.83. The van der Waals surface area contributed by atoms with Crippen LogP contribution in [0.5, 0.6) is 5.75 Å². The van der Waals surface area contributed by atoms with Gasteiger partial charge in [-0.3, -0.25) is 19.8 Å². The second-order valence-electron chi connectivity index (χ2n) is 7.81. The summed E-state index contributed by atoms with van der Waals surface area (Å²) in [7, 11) is 2.78. The van der Waals surface area contributed by atoms with Gasteiger partial charge in [0.25, 0.3) is 5.69 Å². The lowest BCUT2D eigenvalue weighted by Crippen LogP contribution is -2.52. The molecule has 0 spiro atoms. The summed E-state index contributed by atoms with van der Waals surface area (Å²) in [5.41, 5.74) is 1.48. The molecule has 1 N–H and O–H groups in total. The van der Waals surface area contributed by atoms with Gasteiger partial charge in [0.1, 0.15) is 11.4 Å².